The Morgan fingerprint density at radius 1 is 1.00 bits per heavy atom. The minimum Gasteiger partial charge on any atom is -0.490 e. The van der Waals surface area contributed by atoms with Crippen LogP contribution in [0.5, 0.6) is 11.5 Å². The average molecular weight is 476 g/mol. The van der Waals surface area contributed by atoms with Gasteiger partial charge in [0.2, 0.25) is 5.90 Å². The summed E-state index contributed by atoms with van der Waals surface area (Å²) in [5, 5.41) is 0.524. The molecule has 0 aromatic heterocycles. The molecule has 174 valence electrons. The van der Waals surface area contributed by atoms with E-state index in [0.717, 1.165) is 17.7 Å². The van der Waals surface area contributed by atoms with Gasteiger partial charge in [0.15, 0.2) is 5.70 Å². The lowest BCUT2D eigenvalue weighted by atomic mass is 9.99. The van der Waals surface area contributed by atoms with Crippen molar-refractivity contribution < 1.29 is 19.0 Å². The van der Waals surface area contributed by atoms with E-state index in [2.05, 4.69) is 31.0 Å². The predicted octanol–water partition coefficient (Wildman–Crippen LogP) is 6.66. The van der Waals surface area contributed by atoms with Crippen molar-refractivity contribution in [2.45, 2.75) is 26.2 Å². The maximum atomic E-state index is 12.4. The second-order valence-electron chi connectivity index (χ2n) is 7.96. The molecule has 1 heterocycles. The summed E-state index contributed by atoms with van der Waals surface area (Å²) in [4.78, 5) is 16.7. The molecule has 0 bridgehead atoms. The van der Waals surface area contributed by atoms with Gasteiger partial charge in [-0.2, -0.15) is 0 Å². The number of nitrogens with zero attached hydrogens (tertiary/aromatic N) is 1. The number of hydrogen-bond acceptors (Lipinski definition) is 5. The molecule has 1 atom stereocenters. The van der Waals surface area contributed by atoms with Gasteiger partial charge in [0.1, 0.15) is 24.7 Å². The number of hydrogen-bond donors (Lipinski definition) is 0. The number of rotatable bonds is 9. The summed E-state index contributed by atoms with van der Waals surface area (Å²) >= 11 is 6.19. The molecule has 0 amide bonds. The molecule has 0 N–H and O–H groups in total. The standard InChI is InChI=1S/C28H26ClNO4/c1-3-19(2)20-9-12-24(13-10-20)32-15-16-33-26-14-11-23(29)17-22(26)18-25-28(31)34-27(30-25)21-7-5-4-6-8-21/h4-14,17-19H,3,15-16H2,1-2H3/b25-18-. The van der Waals surface area contributed by atoms with Crippen LogP contribution >= 0.6 is 11.6 Å². The van der Waals surface area contributed by atoms with Crippen LogP contribution in [-0.4, -0.2) is 25.1 Å². The van der Waals surface area contributed by atoms with Gasteiger partial charge in [-0.3, -0.25) is 0 Å². The van der Waals surface area contributed by atoms with Crippen LogP contribution in [0.2, 0.25) is 5.02 Å². The molecule has 0 saturated heterocycles. The summed E-state index contributed by atoms with van der Waals surface area (Å²) in [6.45, 7) is 5.09. The van der Waals surface area contributed by atoms with E-state index in [1.165, 1.54) is 5.56 Å². The number of benzene rings is 3. The topological polar surface area (TPSA) is 57.1 Å². The summed E-state index contributed by atoms with van der Waals surface area (Å²) in [7, 11) is 0. The van der Waals surface area contributed by atoms with Crippen molar-refractivity contribution in [3.05, 3.63) is 100 Å². The third-order valence-electron chi connectivity index (χ3n) is 5.58. The lowest BCUT2D eigenvalue weighted by Crippen LogP contribution is -2.09. The molecule has 1 aliphatic heterocycles. The number of carbonyl (C=O) groups is 1. The molecule has 1 aliphatic rings. The van der Waals surface area contributed by atoms with Crippen LogP contribution in [0.15, 0.2) is 83.5 Å². The molecule has 34 heavy (non-hydrogen) atoms. The molecule has 0 spiro atoms. The fourth-order valence-electron chi connectivity index (χ4n) is 3.46. The Balaban J connectivity index is 1.41. The zero-order valence-corrected chi connectivity index (χ0v) is 19.9. The molecule has 4 rings (SSSR count). The first-order valence-corrected chi connectivity index (χ1v) is 11.6. The minimum absolute atomic E-state index is 0.184. The van der Waals surface area contributed by atoms with Gasteiger partial charge >= 0.3 is 5.97 Å². The van der Waals surface area contributed by atoms with E-state index in [1.807, 2.05) is 42.5 Å². The van der Waals surface area contributed by atoms with Gasteiger partial charge in [-0.25, -0.2) is 9.79 Å². The van der Waals surface area contributed by atoms with E-state index >= 15 is 0 Å². The van der Waals surface area contributed by atoms with Gasteiger partial charge in [0.05, 0.1) is 0 Å². The predicted molar refractivity (Wildman–Crippen MR) is 135 cm³/mol. The smallest absolute Gasteiger partial charge is 0.363 e. The monoisotopic (exact) mass is 475 g/mol. The van der Waals surface area contributed by atoms with Crippen molar-refractivity contribution in [2.24, 2.45) is 4.99 Å². The number of cyclic esters (lactones) is 1. The van der Waals surface area contributed by atoms with E-state index in [4.69, 9.17) is 25.8 Å². The Morgan fingerprint density at radius 3 is 2.47 bits per heavy atom. The highest BCUT2D eigenvalue weighted by molar-refractivity contribution is 6.30. The van der Waals surface area contributed by atoms with Crippen LogP contribution in [0.3, 0.4) is 0 Å². The minimum atomic E-state index is -0.519. The van der Waals surface area contributed by atoms with E-state index in [1.54, 1.807) is 24.3 Å². The molecule has 3 aromatic rings. The third kappa shape index (κ3) is 5.86. The highest BCUT2D eigenvalue weighted by atomic mass is 35.5. The number of esters is 1. The van der Waals surface area contributed by atoms with Crippen molar-refractivity contribution in [3.8, 4) is 11.5 Å². The first kappa shape index (κ1) is 23.6. The van der Waals surface area contributed by atoms with Gasteiger partial charge in [-0.05, 0) is 66.4 Å². The average Bonchev–Trinajstić information content (AvgIpc) is 3.23. The van der Waals surface area contributed by atoms with Gasteiger partial charge < -0.3 is 14.2 Å². The lowest BCUT2D eigenvalue weighted by Gasteiger charge is -2.12. The Bertz CT molecular complexity index is 1200. The Labute approximate surface area is 204 Å². The molecular formula is C28H26ClNO4. The summed E-state index contributed by atoms with van der Waals surface area (Å²) in [6.07, 6.45) is 2.72. The van der Waals surface area contributed by atoms with Crippen LogP contribution in [-0.2, 0) is 9.53 Å². The molecule has 0 saturated carbocycles. The van der Waals surface area contributed by atoms with E-state index in [-0.39, 0.29) is 11.6 Å². The quantitative estimate of drug-likeness (QED) is 0.197. The highest BCUT2D eigenvalue weighted by Gasteiger charge is 2.24. The fourth-order valence-corrected chi connectivity index (χ4v) is 3.64. The van der Waals surface area contributed by atoms with Crippen molar-refractivity contribution in [1.82, 2.24) is 0 Å². The third-order valence-corrected chi connectivity index (χ3v) is 5.81. The summed E-state index contributed by atoms with van der Waals surface area (Å²) in [5.74, 6) is 1.65. The first-order valence-electron chi connectivity index (χ1n) is 11.3. The van der Waals surface area contributed by atoms with E-state index in [9.17, 15) is 4.79 Å². The highest BCUT2D eigenvalue weighted by Crippen LogP contribution is 2.28. The Hall–Kier alpha value is -3.57. The zero-order valence-electron chi connectivity index (χ0n) is 19.2. The van der Waals surface area contributed by atoms with Crippen LogP contribution < -0.4 is 9.47 Å². The SMILES string of the molecule is CCC(C)c1ccc(OCCOc2ccc(Cl)cc2/C=C2\N=C(c3ccccc3)OC2=O)cc1. The maximum Gasteiger partial charge on any atom is 0.363 e. The van der Waals surface area contributed by atoms with Crippen molar-refractivity contribution in [2.75, 3.05) is 13.2 Å². The van der Waals surface area contributed by atoms with Gasteiger partial charge in [0.25, 0.3) is 0 Å². The largest absolute Gasteiger partial charge is 0.490 e. The van der Waals surface area contributed by atoms with Crippen molar-refractivity contribution in [1.29, 1.82) is 0 Å². The maximum absolute atomic E-state index is 12.4. The molecule has 0 radical (unpaired) electrons. The zero-order chi connectivity index (χ0) is 23.9. The molecule has 0 aliphatic carbocycles. The van der Waals surface area contributed by atoms with Crippen LogP contribution in [0, 0.1) is 0 Å². The summed E-state index contributed by atoms with van der Waals surface area (Å²) in [6, 6.07) is 22.6. The van der Waals surface area contributed by atoms with Crippen molar-refractivity contribution in [3.63, 3.8) is 0 Å². The van der Waals surface area contributed by atoms with Gasteiger partial charge in [-0.1, -0.05) is 55.8 Å². The fraction of sp³-hybridized carbons (Fsp3) is 0.214. The molecule has 0 fully saturated rings. The molecular weight excluding hydrogens is 450 g/mol. The summed E-state index contributed by atoms with van der Waals surface area (Å²) in [5.41, 5.74) is 2.85. The number of aliphatic imine (C=N–C) groups is 1. The van der Waals surface area contributed by atoms with Crippen LogP contribution in [0.1, 0.15) is 42.9 Å². The first-order chi connectivity index (χ1) is 16.5. The molecule has 5 nitrogen and oxygen atoms in total. The Kier molecular flexibility index (Phi) is 7.65. The van der Waals surface area contributed by atoms with E-state index < -0.39 is 5.97 Å². The number of ether oxygens (including phenoxy) is 3. The van der Waals surface area contributed by atoms with E-state index in [0.29, 0.717) is 35.5 Å². The van der Waals surface area contributed by atoms with Crippen LogP contribution in [0.25, 0.3) is 6.08 Å². The second-order valence-corrected chi connectivity index (χ2v) is 8.40. The van der Waals surface area contributed by atoms with Crippen LogP contribution in [0.4, 0.5) is 0 Å². The number of carbonyl (C=O) groups excluding carboxylic acids is 1. The molecule has 6 heteroatoms. The number of halogens is 1. The lowest BCUT2D eigenvalue weighted by molar-refractivity contribution is -0.129. The second kappa shape index (κ2) is 11.0. The summed E-state index contributed by atoms with van der Waals surface area (Å²) < 4.78 is 17.1. The van der Waals surface area contributed by atoms with Crippen molar-refractivity contribution >= 4 is 29.5 Å². The molecule has 1 unspecified atom stereocenters. The van der Waals surface area contributed by atoms with Gasteiger partial charge in [0, 0.05) is 16.1 Å². The van der Waals surface area contributed by atoms with Gasteiger partial charge in [-0.15, -0.1) is 0 Å². The normalized spacial score (nSPS) is 15.1. The molecule has 3 aromatic carbocycles. The Morgan fingerprint density at radius 2 is 1.74 bits per heavy atom.